The number of para-hydroxylation sites is 2. The Hall–Kier alpha value is -2.53. The molecule has 0 fully saturated rings. The summed E-state index contributed by atoms with van der Waals surface area (Å²) in [6.07, 6.45) is 1.97. The monoisotopic (exact) mass is 388 g/mol. The minimum atomic E-state index is -1.00. The highest BCUT2D eigenvalue weighted by atomic mass is 32.2. The van der Waals surface area contributed by atoms with E-state index in [1.807, 2.05) is 44.4 Å². The van der Waals surface area contributed by atoms with Crippen LogP contribution in [0.4, 0.5) is 0 Å². The Bertz CT molecular complexity index is 871. The van der Waals surface area contributed by atoms with Crippen molar-refractivity contribution in [2.75, 3.05) is 12.9 Å². The van der Waals surface area contributed by atoms with Crippen molar-refractivity contribution in [2.45, 2.75) is 38.6 Å². The topological polar surface area (TPSA) is 97.0 Å². The summed E-state index contributed by atoms with van der Waals surface area (Å²) >= 11 is 1.61. The van der Waals surface area contributed by atoms with E-state index in [4.69, 9.17) is 4.74 Å². The van der Waals surface area contributed by atoms with Gasteiger partial charge in [0.05, 0.1) is 22.9 Å². The van der Waals surface area contributed by atoms with Gasteiger partial charge in [-0.05, 0) is 31.2 Å². The van der Waals surface area contributed by atoms with E-state index in [1.165, 1.54) is 0 Å². The van der Waals surface area contributed by atoms with Crippen molar-refractivity contribution in [1.29, 1.82) is 5.26 Å². The second kappa shape index (κ2) is 8.91. The average Bonchev–Trinajstić information content (AvgIpc) is 2.97. The van der Waals surface area contributed by atoms with Gasteiger partial charge in [0.1, 0.15) is 17.9 Å². The molecule has 1 N–H and O–H groups in total. The smallest absolute Gasteiger partial charge is 0.326 e. The van der Waals surface area contributed by atoms with Crippen LogP contribution in [0.1, 0.15) is 26.6 Å². The van der Waals surface area contributed by atoms with E-state index in [0.717, 1.165) is 16.9 Å². The number of nitrogens with zero attached hydrogens (tertiary/aromatic N) is 3. The van der Waals surface area contributed by atoms with Gasteiger partial charge in [-0.3, -0.25) is 9.59 Å². The molecule has 0 aliphatic rings. The Labute approximate surface area is 163 Å². The van der Waals surface area contributed by atoms with E-state index in [1.54, 1.807) is 23.3 Å². The van der Waals surface area contributed by atoms with Gasteiger partial charge >= 0.3 is 5.97 Å². The highest BCUT2D eigenvalue weighted by molar-refractivity contribution is 7.97. The minimum absolute atomic E-state index is 0.0244. The van der Waals surface area contributed by atoms with Gasteiger partial charge in [-0.25, -0.2) is 4.98 Å². The summed E-state index contributed by atoms with van der Waals surface area (Å²) in [5.41, 5.74) is 0.656. The largest absolute Gasteiger partial charge is 0.454 e. The molecule has 0 radical (unpaired) electrons. The Morgan fingerprint density at radius 1 is 1.41 bits per heavy atom. The van der Waals surface area contributed by atoms with Crippen molar-refractivity contribution in [3.63, 3.8) is 0 Å². The van der Waals surface area contributed by atoms with Gasteiger partial charge in [0, 0.05) is 0 Å². The van der Waals surface area contributed by atoms with Crippen LogP contribution in [-0.2, 0) is 26.6 Å². The number of thioether (sulfide) groups is 1. The highest BCUT2D eigenvalue weighted by Crippen LogP contribution is 2.19. The van der Waals surface area contributed by atoms with Gasteiger partial charge in [0.2, 0.25) is 0 Å². The lowest BCUT2D eigenvalue weighted by molar-refractivity contribution is -0.149. The summed E-state index contributed by atoms with van der Waals surface area (Å²) in [6.45, 7) is 4.88. The Morgan fingerprint density at radius 3 is 2.74 bits per heavy atom. The number of esters is 1. The fourth-order valence-electron chi connectivity index (χ4n) is 2.49. The number of ether oxygens (including phenoxy) is 1. The van der Waals surface area contributed by atoms with E-state index in [-0.39, 0.29) is 12.5 Å². The summed E-state index contributed by atoms with van der Waals surface area (Å²) in [5, 5.41) is 11.9. The molecule has 2 aromatic rings. The molecule has 0 saturated heterocycles. The zero-order chi connectivity index (χ0) is 20.0. The number of benzene rings is 1. The third kappa shape index (κ3) is 5.01. The van der Waals surface area contributed by atoms with Crippen LogP contribution in [0, 0.1) is 17.2 Å². The van der Waals surface area contributed by atoms with Crippen molar-refractivity contribution in [3.05, 3.63) is 30.1 Å². The summed E-state index contributed by atoms with van der Waals surface area (Å²) in [4.78, 5) is 28.9. The molecular formula is C19H24N4O3S. The van der Waals surface area contributed by atoms with Gasteiger partial charge in [-0.1, -0.05) is 26.0 Å². The van der Waals surface area contributed by atoms with Crippen molar-refractivity contribution in [1.82, 2.24) is 14.9 Å². The number of rotatable bonds is 8. The first-order valence-corrected chi connectivity index (χ1v) is 10.0. The number of carbonyl (C=O) groups is 2. The fraction of sp³-hybridized carbons (Fsp3) is 0.474. The van der Waals surface area contributed by atoms with Crippen LogP contribution in [0.2, 0.25) is 0 Å². The number of fused-ring (bicyclic) bond motifs is 1. The molecule has 1 heterocycles. The maximum atomic E-state index is 12.3. The molecule has 0 bridgehead atoms. The molecule has 0 saturated carbocycles. The quantitative estimate of drug-likeness (QED) is 0.698. The first-order valence-electron chi connectivity index (χ1n) is 8.61. The number of carbonyl (C=O) groups excluding carboxylic acids is 2. The van der Waals surface area contributed by atoms with Crippen LogP contribution < -0.4 is 5.32 Å². The lowest BCUT2D eigenvalue weighted by Crippen LogP contribution is -2.50. The second-order valence-electron chi connectivity index (χ2n) is 6.71. The predicted octanol–water partition coefficient (Wildman–Crippen LogP) is 2.50. The van der Waals surface area contributed by atoms with Crippen molar-refractivity contribution >= 4 is 34.7 Å². The lowest BCUT2D eigenvalue weighted by Gasteiger charge is -2.27. The highest BCUT2D eigenvalue weighted by Gasteiger charge is 2.30. The summed E-state index contributed by atoms with van der Waals surface area (Å²) < 4.78 is 6.92. The SMILES string of the molecule is CSCc1nc2ccccc2n1CC(=O)OCC(=O)N[C@@](C)(C#N)C(C)C. The molecule has 0 aliphatic heterocycles. The van der Waals surface area contributed by atoms with Crippen LogP contribution in [-0.4, -0.2) is 39.8 Å². The van der Waals surface area contributed by atoms with Gasteiger partial charge in [-0.2, -0.15) is 17.0 Å². The molecule has 8 heteroatoms. The van der Waals surface area contributed by atoms with E-state index in [0.29, 0.717) is 5.75 Å². The fourth-order valence-corrected chi connectivity index (χ4v) is 2.97. The Morgan fingerprint density at radius 2 is 2.11 bits per heavy atom. The van der Waals surface area contributed by atoms with Crippen LogP contribution in [0.15, 0.2) is 24.3 Å². The molecule has 1 atom stereocenters. The number of imidazole rings is 1. The van der Waals surface area contributed by atoms with Crippen LogP contribution in [0.5, 0.6) is 0 Å². The molecule has 1 amide bonds. The first-order chi connectivity index (χ1) is 12.8. The number of aromatic nitrogens is 2. The van der Waals surface area contributed by atoms with Crippen molar-refractivity contribution in [3.8, 4) is 6.07 Å². The third-order valence-corrected chi connectivity index (χ3v) is 4.99. The molecule has 1 aromatic carbocycles. The molecule has 0 unspecified atom stereocenters. The average molecular weight is 388 g/mol. The maximum Gasteiger partial charge on any atom is 0.326 e. The van der Waals surface area contributed by atoms with Crippen LogP contribution in [0.3, 0.4) is 0 Å². The number of hydrogen-bond acceptors (Lipinski definition) is 6. The molecule has 27 heavy (non-hydrogen) atoms. The summed E-state index contributed by atoms with van der Waals surface area (Å²) in [6, 6.07) is 9.66. The molecule has 144 valence electrons. The maximum absolute atomic E-state index is 12.3. The van der Waals surface area contributed by atoms with Gasteiger partial charge < -0.3 is 14.6 Å². The number of nitrogens with one attached hydrogen (secondary N) is 1. The number of hydrogen-bond donors (Lipinski definition) is 1. The normalized spacial score (nSPS) is 13.2. The Balaban J connectivity index is 2.02. The molecule has 2 rings (SSSR count). The van der Waals surface area contributed by atoms with Crippen LogP contribution in [0.25, 0.3) is 11.0 Å². The molecule has 7 nitrogen and oxygen atoms in total. The minimum Gasteiger partial charge on any atom is -0.454 e. The number of nitriles is 1. The van der Waals surface area contributed by atoms with E-state index >= 15 is 0 Å². The standard InChI is InChI=1S/C19H24N4O3S/c1-13(2)19(3,12-20)22-17(24)10-26-18(25)9-23-15-8-6-5-7-14(15)21-16(23)11-27-4/h5-8,13H,9-11H2,1-4H3,(H,22,24)/t19-/m0/s1. The van der Waals surface area contributed by atoms with Crippen LogP contribution >= 0.6 is 11.8 Å². The van der Waals surface area contributed by atoms with E-state index < -0.39 is 24.0 Å². The summed E-state index contributed by atoms with van der Waals surface area (Å²) in [5.74, 6) is 0.340. The predicted molar refractivity (Wildman–Crippen MR) is 105 cm³/mol. The zero-order valence-corrected chi connectivity index (χ0v) is 16.8. The molecular weight excluding hydrogens is 364 g/mol. The molecule has 0 spiro atoms. The first kappa shape index (κ1) is 20.8. The molecule has 0 aliphatic carbocycles. The van der Waals surface area contributed by atoms with Crippen molar-refractivity contribution < 1.29 is 14.3 Å². The van der Waals surface area contributed by atoms with Crippen molar-refractivity contribution in [2.24, 2.45) is 5.92 Å². The third-order valence-electron chi connectivity index (χ3n) is 4.44. The van der Waals surface area contributed by atoms with E-state index in [2.05, 4.69) is 16.4 Å². The lowest BCUT2D eigenvalue weighted by atomic mass is 9.90. The van der Waals surface area contributed by atoms with Gasteiger partial charge in [0.15, 0.2) is 6.61 Å². The van der Waals surface area contributed by atoms with E-state index in [9.17, 15) is 14.9 Å². The number of amides is 1. The second-order valence-corrected chi connectivity index (χ2v) is 7.58. The Kier molecular flexibility index (Phi) is 6.86. The zero-order valence-electron chi connectivity index (χ0n) is 16.0. The molecule has 1 aromatic heterocycles. The van der Waals surface area contributed by atoms with Gasteiger partial charge in [0.25, 0.3) is 5.91 Å². The summed E-state index contributed by atoms with van der Waals surface area (Å²) in [7, 11) is 0. The van der Waals surface area contributed by atoms with Gasteiger partial charge in [-0.15, -0.1) is 0 Å².